The molecule has 0 fully saturated rings. The van der Waals surface area contributed by atoms with E-state index >= 15 is 0 Å². The van der Waals surface area contributed by atoms with E-state index in [1.54, 1.807) is 24.3 Å². The predicted molar refractivity (Wildman–Crippen MR) is 93.4 cm³/mol. The van der Waals surface area contributed by atoms with Gasteiger partial charge in [-0.25, -0.2) is 8.42 Å². The Kier molecular flexibility index (Phi) is 5.05. The van der Waals surface area contributed by atoms with Crippen LogP contribution in [0, 0.1) is 6.92 Å². The predicted octanol–water partition coefficient (Wildman–Crippen LogP) is 3.18. The van der Waals surface area contributed by atoms with E-state index in [9.17, 15) is 13.2 Å². The van der Waals surface area contributed by atoms with Gasteiger partial charge in [-0.15, -0.1) is 0 Å². The van der Waals surface area contributed by atoms with Gasteiger partial charge in [0.1, 0.15) is 0 Å². The molecule has 0 saturated carbocycles. The second-order valence-electron chi connectivity index (χ2n) is 5.37. The van der Waals surface area contributed by atoms with E-state index in [2.05, 4.69) is 10.0 Å². The molecule has 0 heterocycles. The normalized spacial score (nSPS) is 11.1. The van der Waals surface area contributed by atoms with Gasteiger partial charge in [-0.1, -0.05) is 25.1 Å². The fourth-order valence-electron chi connectivity index (χ4n) is 2.29. The van der Waals surface area contributed by atoms with Crippen LogP contribution in [0.4, 0.5) is 11.4 Å². The zero-order valence-electron chi connectivity index (χ0n) is 13.4. The molecule has 122 valence electrons. The summed E-state index contributed by atoms with van der Waals surface area (Å²) in [5, 5.41) is 2.94. The first-order valence-corrected chi connectivity index (χ1v) is 9.17. The van der Waals surface area contributed by atoms with E-state index < -0.39 is 10.0 Å². The van der Waals surface area contributed by atoms with Gasteiger partial charge in [0.25, 0.3) is 5.91 Å². The molecule has 2 rings (SSSR count). The first-order chi connectivity index (χ1) is 10.8. The highest BCUT2D eigenvalue weighted by molar-refractivity contribution is 7.92. The van der Waals surface area contributed by atoms with Crippen molar-refractivity contribution in [2.75, 3.05) is 16.3 Å². The first kappa shape index (κ1) is 17.0. The SMILES string of the molecule is CCc1cccc(C)c1NC(=O)c1ccc(NS(C)(=O)=O)cc1. The summed E-state index contributed by atoms with van der Waals surface area (Å²) < 4.78 is 24.7. The molecule has 2 aromatic carbocycles. The zero-order chi connectivity index (χ0) is 17.0. The largest absolute Gasteiger partial charge is 0.321 e. The van der Waals surface area contributed by atoms with Crippen molar-refractivity contribution in [2.45, 2.75) is 20.3 Å². The van der Waals surface area contributed by atoms with Gasteiger partial charge >= 0.3 is 0 Å². The van der Waals surface area contributed by atoms with Crippen molar-refractivity contribution in [1.29, 1.82) is 0 Å². The molecule has 0 aliphatic carbocycles. The Morgan fingerprint density at radius 1 is 1.09 bits per heavy atom. The van der Waals surface area contributed by atoms with Crippen LogP contribution in [-0.2, 0) is 16.4 Å². The third-order valence-corrected chi connectivity index (χ3v) is 4.04. The quantitative estimate of drug-likeness (QED) is 0.883. The maximum absolute atomic E-state index is 12.4. The molecule has 0 unspecified atom stereocenters. The Morgan fingerprint density at radius 3 is 2.30 bits per heavy atom. The summed E-state index contributed by atoms with van der Waals surface area (Å²) in [6.45, 7) is 3.99. The van der Waals surface area contributed by atoms with Gasteiger partial charge in [-0.2, -0.15) is 0 Å². The van der Waals surface area contributed by atoms with Crippen LogP contribution in [0.5, 0.6) is 0 Å². The number of hydrogen-bond acceptors (Lipinski definition) is 3. The van der Waals surface area contributed by atoms with Crippen LogP contribution < -0.4 is 10.0 Å². The van der Waals surface area contributed by atoms with Crippen LogP contribution in [0.15, 0.2) is 42.5 Å². The summed E-state index contributed by atoms with van der Waals surface area (Å²) in [4.78, 5) is 12.4. The number of nitrogens with one attached hydrogen (secondary N) is 2. The third kappa shape index (κ3) is 4.56. The number of carbonyl (C=O) groups is 1. The molecule has 0 aliphatic heterocycles. The third-order valence-electron chi connectivity index (χ3n) is 3.43. The van der Waals surface area contributed by atoms with Crippen LogP contribution in [0.1, 0.15) is 28.4 Å². The van der Waals surface area contributed by atoms with E-state index in [4.69, 9.17) is 0 Å². The van der Waals surface area contributed by atoms with Gasteiger partial charge in [0, 0.05) is 16.9 Å². The van der Waals surface area contributed by atoms with Gasteiger partial charge in [0.05, 0.1) is 6.26 Å². The highest BCUT2D eigenvalue weighted by Crippen LogP contribution is 2.22. The molecule has 0 atom stereocenters. The van der Waals surface area contributed by atoms with Gasteiger partial charge in [0.15, 0.2) is 0 Å². The van der Waals surface area contributed by atoms with Crippen molar-refractivity contribution >= 4 is 27.3 Å². The fourth-order valence-corrected chi connectivity index (χ4v) is 2.86. The summed E-state index contributed by atoms with van der Waals surface area (Å²) in [5.74, 6) is -0.222. The fraction of sp³-hybridized carbons (Fsp3) is 0.235. The lowest BCUT2D eigenvalue weighted by molar-refractivity contribution is 0.102. The first-order valence-electron chi connectivity index (χ1n) is 7.28. The molecule has 0 aromatic heterocycles. The summed E-state index contributed by atoms with van der Waals surface area (Å²) in [6.07, 6.45) is 1.91. The number of rotatable bonds is 5. The second-order valence-corrected chi connectivity index (χ2v) is 7.12. The Hall–Kier alpha value is -2.34. The van der Waals surface area contributed by atoms with Crippen molar-refractivity contribution in [2.24, 2.45) is 0 Å². The van der Waals surface area contributed by atoms with Crippen molar-refractivity contribution in [3.05, 3.63) is 59.2 Å². The smallest absolute Gasteiger partial charge is 0.255 e. The summed E-state index contributed by atoms with van der Waals surface area (Å²) in [7, 11) is -3.32. The van der Waals surface area contributed by atoms with E-state index in [1.807, 2.05) is 32.0 Å². The summed E-state index contributed by atoms with van der Waals surface area (Å²) in [5.41, 5.74) is 3.81. The highest BCUT2D eigenvalue weighted by Gasteiger charge is 2.11. The molecule has 0 aliphatic rings. The van der Waals surface area contributed by atoms with Gasteiger partial charge in [-0.05, 0) is 48.7 Å². The molecule has 5 nitrogen and oxygen atoms in total. The van der Waals surface area contributed by atoms with Crippen molar-refractivity contribution in [3.63, 3.8) is 0 Å². The Bertz CT molecular complexity index is 812. The topological polar surface area (TPSA) is 75.3 Å². The molecular formula is C17H20N2O3S. The molecule has 1 amide bonds. The van der Waals surface area contributed by atoms with Crippen LogP contribution in [0.2, 0.25) is 0 Å². The Balaban J connectivity index is 2.19. The lowest BCUT2D eigenvalue weighted by Gasteiger charge is -2.13. The number of amides is 1. The van der Waals surface area contributed by atoms with Gasteiger partial charge < -0.3 is 5.32 Å². The van der Waals surface area contributed by atoms with E-state index in [-0.39, 0.29) is 5.91 Å². The maximum Gasteiger partial charge on any atom is 0.255 e. The second kappa shape index (κ2) is 6.83. The summed E-state index contributed by atoms with van der Waals surface area (Å²) in [6, 6.07) is 12.2. The minimum Gasteiger partial charge on any atom is -0.321 e. The highest BCUT2D eigenvalue weighted by atomic mass is 32.2. The lowest BCUT2D eigenvalue weighted by Crippen LogP contribution is -2.14. The summed E-state index contributed by atoms with van der Waals surface area (Å²) >= 11 is 0. The molecule has 0 radical (unpaired) electrons. The van der Waals surface area contributed by atoms with Crippen LogP contribution in [0.25, 0.3) is 0 Å². The van der Waals surface area contributed by atoms with Crippen molar-refractivity contribution in [1.82, 2.24) is 0 Å². The molecule has 2 N–H and O–H groups in total. The van der Waals surface area contributed by atoms with Gasteiger partial charge in [0.2, 0.25) is 10.0 Å². The van der Waals surface area contributed by atoms with E-state index in [0.717, 1.165) is 29.5 Å². The Labute approximate surface area is 136 Å². The number of hydrogen-bond donors (Lipinski definition) is 2. The average Bonchev–Trinajstić information content (AvgIpc) is 2.48. The molecular weight excluding hydrogens is 312 g/mol. The van der Waals surface area contributed by atoms with E-state index in [1.165, 1.54) is 0 Å². The average molecular weight is 332 g/mol. The maximum atomic E-state index is 12.4. The number of anilines is 2. The monoisotopic (exact) mass is 332 g/mol. The molecule has 0 saturated heterocycles. The lowest BCUT2D eigenvalue weighted by atomic mass is 10.1. The number of sulfonamides is 1. The minimum absolute atomic E-state index is 0.222. The van der Waals surface area contributed by atoms with Gasteiger partial charge in [-0.3, -0.25) is 9.52 Å². The van der Waals surface area contributed by atoms with Crippen LogP contribution in [-0.4, -0.2) is 20.6 Å². The molecule has 0 bridgehead atoms. The number of para-hydroxylation sites is 1. The number of benzene rings is 2. The molecule has 0 spiro atoms. The van der Waals surface area contributed by atoms with Crippen LogP contribution in [0.3, 0.4) is 0 Å². The molecule has 23 heavy (non-hydrogen) atoms. The number of aryl methyl sites for hydroxylation is 2. The Morgan fingerprint density at radius 2 is 1.74 bits per heavy atom. The number of carbonyl (C=O) groups excluding carboxylic acids is 1. The minimum atomic E-state index is -3.32. The van der Waals surface area contributed by atoms with Crippen molar-refractivity contribution in [3.8, 4) is 0 Å². The zero-order valence-corrected chi connectivity index (χ0v) is 14.2. The van der Waals surface area contributed by atoms with E-state index in [0.29, 0.717) is 11.3 Å². The molecule has 2 aromatic rings. The van der Waals surface area contributed by atoms with Crippen LogP contribution >= 0.6 is 0 Å². The van der Waals surface area contributed by atoms with Crippen molar-refractivity contribution < 1.29 is 13.2 Å². The standard InChI is InChI=1S/C17H20N2O3S/c1-4-13-7-5-6-12(2)16(13)18-17(20)14-8-10-15(11-9-14)19-23(3,21)22/h5-11,19H,4H2,1-3H3,(H,18,20). The molecule has 6 heteroatoms.